The fraction of sp³-hybridized carbons (Fsp3) is 0.562. The summed E-state index contributed by atoms with van der Waals surface area (Å²) in [5.74, 6) is -0.965. The number of benzene rings is 1. The van der Waals surface area contributed by atoms with E-state index >= 15 is 0 Å². The monoisotopic (exact) mass is 349 g/mol. The summed E-state index contributed by atoms with van der Waals surface area (Å²) in [6.07, 6.45) is -5.33. The Hall–Kier alpha value is -1.83. The molecule has 0 radical (unpaired) electrons. The Bertz CT molecular complexity index is 604. The predicted molar refractivity (Wildman–Crippen MR) is 77.8 cm³/mol. The van der Waals surface area contributed by atoms with Crippen LogP contribution in [0.5, 0.6) is 0 Å². The highest BCUT2D eigenvalue weighted by molar-refractivity contribution is 5.69. The number of amides is 1. The molecule has 1 aromatic rings. The number of halogens is 4. The Kier molecular flexibility index (Phi) is 5.08. The Morgan fingerprint density at radius 1 is 1.25 bits per heavy atom. The molecule has 1 saturated heterocycles. The number of likely N-dealkylation sites (tertiary alicyclic amines) is 1. The number of carbonyl (C=O) groups is 1. The second kappa shape index (κ2) is 6.58. The first kappa shape index (κ1) is 18.5. The zero-order chi connectivity index (χ0) is 18.1. The third-order valence-corrected chi connectivity index (χ3v) is 3.35. The van der Waals surface area contributed by atoms with Crippen molar-refractivity contribution in [1.82, 2.24) is 4.90 Å². The molecule has 0 aromatic heterocycles. The van der Waals surface area contributed by atoms with E-state index in [9.17, 15) is 22.4 Å². The molecule has 1 aliphatic rings. The van der Waals surface area contributed by atoms with E-state index < -0.39 is 29.3 Å². The maximum Gasteiger partial charge on any atom is 0.416 e. The number of carbonyl (C=O) groups excluding carboxylic acids is 1. The Morgan fingerprint density at radius 2 is 1.88 bits per heavy atom. The zero-order valence-corrected chi connectivity index (χ0v) is 13.6. The average molecular weight is 349 g/mol. The SMILES string of the molecule is CC(C)(C)OC(=O)N1CC(OCc2ccc(C(F)(F)F)cc2F)C1. The van der Waals surface area contributed by atoms with Gasteiger partial charge in [0.2, 0.25) is 0 Å². The van der Waals surface area contributed by atoms with Gasteiger partial charge in [0.15, 0.2) is 0 Å². The van der Waals surface area contributed by atoms with Crippen molar-refractivity contribution in [2.75, 3.05) is 13.1 Å². The molecule has 1 aliphatic heterocycles. The fourth-order valence-electron chi connectivity index (χ4n) is 2.07. The minimum absolute atomic E-state index is 0.0405. The van der Waals surface area contributed by atoms with Crippen LogP contribution in [0, 0.1) is 5.82 Å². The van der Waals surface area contributed by atoms with E-state index in [1.807, 2.05) is 0 Å². The summed E-state index contributed by atoms with van der Waals surface area (Å²) in [6, 6.07) is 2.32. The minimum Gasteiger partial charge on any atom is -0.444 e. The van der Waals surface area contributed by atoms with Gasteiger partial charge >= 0.3 is 12.3 Å². The van der Waals surface area contributed by atoms with Crippen molar-refractivity contribution in [2.45, 2.75) is 45.3 Å². The number of nitrogens with zero attached hydrogens (tertiary/aromatic N) is 1. The highest BCUT2D eigenvalue weighted by Gasteiger charge is 2.35. The summed E-state index contributed by atoms with van der Waals surface area (Å²) < 4.78 is 61.7. The van der Waals surface area contributed by atoms with E-state index in [1.165, 1.54) is 4.90 Å². The van der Waals surface area contributed by atoms with Crippen LogP contribution >= 0.6 is 0 Å². The van der Waals surface area contributed by atoms with Crippen molar-refractivity contribution in [3.8, 4) is 0 Å². The van der Waals surface area contributed by atoms with E-state index in [0.29, 0.717) is 19.2 Å². The lowest BCUT2D eigenvalue weighted by Crippen LogP contribution is -2.55. The second-order valence-corrected chi connectivity index (χ2v) is 6.62. The standard InChI is InChI=1S/C16H19F4NO3/c1-15(2,3)24-14(22)21-7-12(8-21)23-9-10-4-5-11(6-13(10)17)16(18,19)20/h4-6,12H,7-9H2,1-3H3. The molecular formula is C16H19F4NO3. The summed E-state index contributed by atoms with van der Waals surface area (Å²) in [4.78, 5) is 13.2. The van der Waals surface area contributed by atoms with Crippen LogP contribution in [0.3, 0.4) is 0 Å². The largest absolute Gasteiger partial charge is 0.444 e. The third kappa shape index (κ3) is 4.83. The first-order chi connectivity index (χ1) is 11.0. The molecule has 4 nitrogen and oxygen atoms in total. The highest BCUT2D eigenvalue weighted by atomic mass is 19.4. The van der Waals surface area contributed by atoms with Crippen LogP contribution in [0.25, 0.3) is 0 Å². The summed E-state index contributed by atoms with van der Waals surface area (Å²) >= 11 is 0. The van der Waals surface area contributed by atoms with Crippen molar-refractivity contribution in [3.63, 3.8) is 0 Å². The van der Waals surface area contributed by atoms with Crippen LogP contribution in [0.15, 0.2) is 18.2 Å². The lowest BCUT2D eigenvalue weighted by Gasteiger charge is -2.39. The van der Waals surface area contributed by atoms with E-state index in [-0.39, 0.29) is 18.3 Å². The fourth-order valence-corrected chi connectivity index (χ4v) is 2.07. The summed E-state index contributed by atoms with van der Waals surface area (Å²) in [5, 5.41) is 0. The van der Waals surface area contributed by atoms with Crippen LogP contribution in [0.1, 0.15) is 31.9 Å². The quantitative estimate of drug-likeness (QED) is 0.775. The molecular weight excluding hydrogens is 330 g/mol. The first-order valence-electron chi connectivity index (χ1n) is 7.41. The van der Waals surface area contributed by atoms with Crippen molar-refractivity contribution >= 4 is 6.09 Å². The number of rotatable bonds is 3. The molecule has 134 valence electrons. The van der Waals surface area contributed by atoms with Crippen molar-refractivity contribution < 1.29 is 31.8 Å². The maximum absolute atomic E-state index is 13.7. The van der Waals surface area contributed by atoms with Crippen molar-refractivity contribution in [2.24, 2.45) is 0 Å². The summed E-state index contributed by atoms with van der Waals surface area (Å²) in [6.45, 7) is 5.72. The molecule has 0 N–H and O–H groups in total. The molecule has 1 fully saturated rings. The molecule has 0 unspecified atom stereocenters. The third-order valence-electron chi connectivity index (χ3n) is 3.35. The van der Waals surface area contributed by atoms with Gasteiger partial charge in [-0.1, -0.05) is 6.07 Å². The van der Waals surface area contributed by atoms with Crippen LogP contribution in [0.2, 0.25) is 0 Å². The number of hydrogen-bond acceptors (Lipinski definition) is 3. The highest BCUT2D eigenvalue weighted by Crippen LogP contribution is 2.30. The average Bonchev–Trinajstić information content (AvgIpc) is 2.35. The van der Waals surface area contributed by atoms with Crippen LogP contribution in [-0.4, -0.2) is 35.8 Å². The summed E-state index contributed by atoms with van der Waals surface area (Å²) in [5.41, 5.74) is -1.59. The molecule has 24 heavy (non-hydrogen) atoms. The van der Waals surface area contributed by atoms with Crippen molar-refractivity contribution in [1.29, 1.82) is 0 Å². The normalized spacial score (nSPS) is 16.0. The minimum atomic E-state index is -4.58. The van der Waals surface area contributed by atoms with E-state index in [2.05, 4.69) is 0 Å². The Morgan fingerprint density at radius 3 is 2.38 bits per heavy atom. The molecule has 0 spiro atoms. The van der Waals surface area contributed by atoms with Crippen LogP contribution < -0.4 is 0 Å². The predicted octanol–water partition coefficient (Wildman–Crippen LogP) is 3.98. The lowest BCUT2D eigenvalue weighted by atomic mass is 10.1. The van der Waals surface area contributed by atoms with Crippen LogP contribution in [-0.2, 0) is 22.3 Å². The van der Waals surface area contributed by atoms with Gasteiger partial charge in [0, 0.05) is 5.56 Å². The second-order valence-electron chi connectivity index (χ2n) is 6.62. The van der Waals surface area contributed by atoms with Gasteiger partial charge in [0.25, 0.3) is 0 Å². The van der Waals surface area contributed by atoms with Gasteiger partial charge in [-0.2, -0.15) is 13.2 Å². The van der Waals surface area contributed by atoms with Gasteiger partial charge in [-0.25, -0.2) is 9.18 Å². The molecule has 1 aromatic carbocycles. The molecule has 0 saturated carbocycles. The van der Waals surface area contributed by atoms with Gasteiger partial charge < -0.3 is 14.4 Å². The molecule has 1 heterocycles. The maximum atomic E-state index is 13.7. The van der Waals surface area contributed by atoms with E-state index in [0.717, 1.165) is 12.1 Å². The lowest BCUT2D eigenvalue weighted by molar-refractivity contribution is -0.137. The molecule has 2 rings (SSSR count). The number of ether oxygens (including phenoxy) is 2. The van der Waals surface area contributed by atoms with Crippen LogP contribution in [0.4, 0.5) is 22.4 Å². The van der Waals surface area contributed by atoms with Gasteiger partial charge in [-0.15, -0.1) is 0 Å². The van der Waals surface area contributed by atoms with Gasteiger partial charge in [0.1, 0.15) is 11.4 Å². The molecule has 1 amide bonds. The molecule has 0 aliphatic carbocycles. The topological polar surface area (TPSA) is 38.8 Å². The van der Waals surface area contributed by atoms with Crippen molar-refractivity contribution in [3.05, 3.63) is 35.1 Å². The van der Waals surface area contributed by atoms with Gasteiger partial charge in [0.05, 0.1) is 31.4 Å². The Balaban J connectivity index is 1.81. The van der Waals surface area contributed by atoms with E-state index in [4.69, 9.17) is 9.47 Å². The zero-order valence-electron chi connectivity index (χ0n) is 13.6. The van der Waals surface area contributed by atoms with Gasteiger partial charge in [-0.05, 0) is 32.9 Å². The molecule has 0 atom stereocenters. The van der Waals surface area contributed by atoms with Gasteiger partial charge in [-0.3, -0.25) is 0 Å². The smallest absolute Gasteiger partial charge is 0.416 e. The molecule has 8 heteroatoms. The first-order valence-corrected chi connectivity index (χ1v) is 7.41. The summed E-state index contributed by atoms with van der Waals surface area (Å²) in [7, 11) is 0. The molecule has 0 bridgehead atoms. The number of hydrogen-bond donors (Lipinski definition) is 0. The van der Waals surface area contributed by atoms with E-state index in [1.54, 1.807) is 20.8 Å². The number of alkyl halides is 3. The Labute approximate surface area is 137 Å².